The molecule has 20 heavy (non-hydrogen) atoms. The van der Waals surface area contributed by atoms with E-state index in [-0.39, 0.29) is 0 Å². The van der Waals surface area contributed by atoms with Crippen LogP contribution in [0.2, 0.25) is 0 Å². The zero-order valence-corrected chi connectivity index (χ0v) is 9.75. The van der Waals surface area contributed by atoms with Crippen molar-refractivity contribution in [3.05, 3.63) is 23.0 Å². The fourth-order valence-corrected chi connectivity index (χ4v) is 1.43. The van der Waals surface area contributed by atoms with E-state index in [1.165, 1.54) is 0 Å². The Bertz CT molecular complexity index is 504. The summed E-state index contributed by atoms with van der Waals surface area (Å²) >= 11 is 0. The average Bonchev–Trinajstić information content (AvgIpc) is 2.28. The lowest BCUT2D eigenvalue weighted by atomic mass is 10.1. The van der Waals surface area contributed by atoms with Crippen LogP contribution in [0.3, 0.4) is 0 Å². The minimum atomic E-state index is -5.12. The van der Waals surface area contributed by atoms with Gasteiger partial charge in [0.15, 0.2) is 5.75 Å². The maximum Gasteiger partial charge on any atom is 0.573 e. The number of ether oxygens (including phenoxy) is 1. The lowest BCUT2D eigenvalue weighted by molar-refractivity contribution is -0.275. The number of hydrogen-bond acceptors (Lipinski definition) is 4. The Morgan fingerprint density at radius 3 is 2.45 bits per heavy atom. The molecular formula is C10H9F5N2O3. The predicted molar refractivity (Wildman–Crippen MR) is 55.1 cm³/mol. The third-order valence-electron chi connectivity index (χ3n) is 2.12. The molecule has 0 aliphatic heterocycles. The van der Waals surface area contributed by atoms with Gasteiger partial charge in [-0.2, -0.15) is 0 Å². The fraction of sp³-hybridized carbons (Fsp3) is 0.400. The van der Waals surface area contributed by atoms with Crippen molar-refractivity contribution in [3.8, 4) is 5.75 Å². The normalized spacial score (nSPS) is 11.8. The van der Waals surface area contributed by atoms with E-state index >= 15 is 0 Å². The van der Waals surface area contributed by atoms with Crippen LogP contribution < -0.4 is 10.5 Å². The average molecular weight is 300 g/mol. The molecule has 0 amide bonds. The van der Waals surface area contributed by atoms with Gasteiger partial charge < -0.3 is 15.6 Å². The van der Waals surface area contributed by atoms with E-state index < -0.39 is 54.4 Å². The standard InChI is InChI=1S/C10H9F5N2O3/c11-9(12)6-1-4(3-16)8(20-10(13,14)15)5(17-6)2-7(18)19/h1,9H,2-3,16H2,(H,18,19). The molecule has 0 saturated carbocycles. The minimum absolute atomic E-state index is 0.399. The largest absolute Gasteiger partial charge is 0.573 e. The van der Waals surface area contributed by atoms with Crippen LogP contribution in [0, 0.1) is 0 Å². The number of nitrogens with zero attached hydrogens (tertiary/aromatic N) is 1. The first-order chi connectivity index (χ1) is 9.14. The molecule has 0 radical (unpaired) electrons. The molecule has 0 unspecified atom stereocenters. The summed E-state index contributed by atoms with van der Waals surface area (Å²) in [5.74, 6) is -2.49. The molecule has 0 aliphatic carbocycles. The van der Waals surface area contributed by atoms with Crippen LogP contribution >= 0.6 is 0 Å². The number of rotatable bonds is 5. The summed E-state index contributed by atoms with van der Waals surface area (Å²) in [6.07, 6.45) is -9.20. The summed E-state index contributed by atoms with van der Waals surface area (Å²) in [6.45, 7) is -0.541. The number of pyridine rings is 1. The number of hydrogen-bond donors (Lipinski definition) is 2. The second-order valence-corrected chi connectivity index (χ2v) is 3.61. The molecule has 1 heterocycles. The Kier molecular flexibility index (Phi) is 4.82. The molecule has 5 nitrogen and oxygen atoms in total. The van der Waals surface area contributed by atoms with Crippen LogP contribution in [0.5, 0.6) is 5.75 Å². The minimum Gasteiger partial charge on any atom is -0.481 e. The smallest absolute Gasteiger partial charge is 0.481 e. The van der Waals surface area contributed by atoms with E-state index in [1.54, 1.807) is 0 Å². The molecule has 3 N–H and O–H groups in total. The Hall–Kier alpha value is -1.97. The van der Waals surface area contributed by atoms with E-state index in [0.29, 0.717) is 6.07 Å². The molecule has 0 aromatic carbocycles. The molecule has 0 aliphatic rings. The number of carboxylic acid groups (broad SMARTS) is 1. The van der Waals surface area contributed by atoms with Crippen LogP contribution in [-0.4, -0.2) is 22.4 Å². The van der Waals surface area contributed by atoms with Crippen molar-refractivity contribution in [2.45, 2.75) is 25.8 Å². The molecule has 0 spiro atoms. The SMILES string of the molecule is NCc1cc(C(F)F)nc(CC(=O)O)c1OC(F)(F)F. The summed E-state index contributed by atoms with van der Waals surface area (Å²) in [7, 11) is 0. The topological polar surface area (TPSA) is 85.4 Å². The first-order valence-corrected chi connectivity index (χ1v) is 5.12. The van der Waals surface area contributed by atoms with E-state index in [2.05, 4.69) is 9.72 Å². The van der Waals surface area contributed by atoms with E-state index in [1.807, 2.05) is 0 Å². The molecule has 0 fully saturated rings. The second-order valence-electron chi connectivity index (χ2n) is 3.61. The number of nitrogens with two attached hydrogens (primary N) is 1. The lowest BCUT2D eigenvalue weighted by Gasteiger charge is -2.16. The molecule has 1 aromatic rings. The van der Waals surface area contributed by atoms with E-state index in [0.717, 1.165) is 0 Å². The number of carboxylic acids is 1. The van der Waals surface area contributed by atoms with Crippen molar-refractivity contribution in [2.24, 2.45) is 5.73 Å². The molecule has 0 bridgehead atoms. The van der Waals surface area contributed by atoms with Crippen molar-refractivity contribution in [1.82, 2.24) is 4.98 Å². The Morgan fingerprint density at radius 2 is 2.05 bits per heavy atom. The highest BCUT2D eigenvalue weighted by molar-refractivity contribution is 5.71. The second kappa shape index (κ2) is 5.99. The van der Waals surface area contributed by atoms with E-state index in [9.17, 15) is 26.7 Å². The maximum atomic E-state index is 12.6. The number of aliphatic carboxylic acids is 1. The molecule has 0 saturated heterocycles. The van der Waals surface area contributed by atoms with Gasteiger partial charge in [0, 0.05) is 12.1 Å². The number of carbonyl (C=O) groups is 1. The van der Waals surface area contributed by atoms with Crippen molar-refractivity contribution < 1.29 is 36.6 Å². The van der Waals surface area contributed by atoms with Crippen molar-refractivity contribution >= 4 is 5.97 Å². The van der Waals surface area contributed by atoms with Gasteiger partial charge in [0.1, 0.15) is 5.69 Å². The highest BCUT2D eigenvalue weighted by atomic mass is 19.4. The first kappa shape index (κ1) is 16.1. The Labute approximate surface area is 109 Å². The lowest BCUT2D eigenvalue weighted by Crippen LogP contribution is -2.21. The van der Waals surface area contributed by atoms with Crippen molar-refractivity contribution in [3.63, 3.8) is 0 Å². The van der Waals surface area contributed by atoms with Gasteiger partial charge in [-0.15, -0.1) is 13.2 Å². The van der Waals surface area contributed by atoms with Gasteiger partial charge in [0.25, 0.3) is 6.43 Å². The fourth-order valence-electron chi connectivity index (χ4n) is 1.43. The van der Waals surface area contributed by atoms with Gasteiger partial charge >= 0.3 is 12.3 Å². The molecule has 10 heteroatoms. The Morgan fingerprint density at radius 1 is 1.45 bits per heavy atom. The van der Waals surface area contributed by atoms with Crippen molar-refractivity contribution in [1.29, 1.82) is 0 Å². The van der Waals surface area contributed by atoms with Gasteiger partial charge in [-0.1, -0.05) is 0 Å². The van der Waals surface area contributed by atoms with Crippen LogP contribution in [0.4, 0.5) is 22.0 Å². The number of alkyl halides is 5. The van der Waals surface area contributed by atoms with Crippen molar-refractivity contribution in [2.75, 3.05) is 0 Å². The van der Waals surface area contributed by atoms with Gasteiger partial charge in [0.2, 0.25) is 0 Å². The van der Waals surface area contributed by atoms with Gasteiger partial charge in [0.05, 0.1) is 12.1 Å². The van der Waals surface area contributed by atoms with Crippen LogP contribution in [0.1, 0.15) is 23.4 Å². The number of halogens is 5. The van der Waals surface area contributed by atoms with Crippen LogP contribution in [0.15, 0.2) is 6.07 Å². The van der Waals surface area contributed by atoms with Crippen LogP contribution in [0.25, 0.3) is 0 Å². The first-order valence-electron chi connectivity index (χ1n) is 5.12. The molecular weight excluding hydrogens is 291 g/mol. The summed E-state index contributed by atoms with van der Waals surface area (Å²) in [5, 5.41) is 8.59. The monoisotopic (exact) mass is 300 g/mol. The third-order valence-corrected chi connectivity index (χ3v) is 2.12. The molecule has 112 valence electrons. The third kappa shape index (κ3) is 4.30. The summed E-state index contributed by atoms with van der Waals surface area (Å²) in [5.41, 5.74) is 3.15. The van der Waals surface area contributed by atoms with E-state index in [4.69, 9.17) is 10.8 Å². The Balaban J connectivity index is 3.39. The zero-order valence-electron chi connectivity index (χ0n) is 9.75. The summed E-state index contributed by atoms with van der Waals surface area (Å²) < 4.78 is 65.5. The van der Waals surface area contributed by atoms with Gasteiger partial charge in [-0.05, 0) is 6.07 Å². The number of aromatic nitrogens is 1. The predicted octanol–water partition coefficient (Wildman–Crippen LogP) is 2.00. The summed E-state index contributed by atoms with van der Waals surface area (Å²) in [6, 6.07) is 0.650. The zero-order chi connectivity index (χ0) is 15.5. The van der Waals surface area contributed by atoms with Crippen LogP contribution in [-0.2, 0) is 17.8 Å². The molecule has 0 atom stereocenters. The quantitative estimate of drug-likeness (QED) is 0.812. The van der Waals surface area contributed by atoms with Gasteiger partial charge in [-0.25, -0.2) is 13.8 Å². The van der Waals surface area contributed by atoms with Gasteiger partial charge in [-0.3, -0.25) is 4.79 Å². The molecule has 1 aromatic heterocycles. The summed E-state index contributed by atoms with van der Waals surface area (Å²) in [4.78, 5) is 13.8. The highest BCUT2D eigenvalue weighted by Crippen LogP contribution is 2.32. The molecule has 1 rings (SSSR count). The highest BCUT2D eigenvalue weighted by Gasteiger charge is 2.34. The maximum absolute atomic E-state index is 12.6.